The van der Waals surface area contributed by atoms with Gasteiger partial charge in [-0.1, -0.05) is 54.6 Å². The van der Waals surface area contributed by atoms with Gasteiger partial charge in [0.05, 0.1) is 6.54 Å². The van der Waals surface area contributed by atoms with E-state index in [-0.39, 0.29) is 29.2 Å². The van der Waals surface area contributed by atoms with Crippen molar-refractivity contribution in [2.75, 3.05) is 0 Å². The SMILES string of the molecule is O=C1C(Cl)=C(NC2CCCCC2)C(=O)N1Cc1ccc(Cl)cc1. The van der Waals surface area contributed by atoms with Crippen molar-refractivity contribution in [1.82, 2.24) is 10.2 Å². The first-order chi connectivity index (χ1) is 11.1. The second kappa shape index (κ2) is 6.93. The van der Waals surface area contributed by atoms with Gasteiger partial charge in [-0.15, -0.1) is 0 Å². The normalized spacial score (nSPS) is 19.7. The molecule has 0 unspecified atom stereocenters. The topological polar surface area (TPSA) is 49.4 Å². The monoisotopic (exact) mass is 352 g/mol. The highest BCUT2D eigenvalue weighted by Crippen LogP contribution is 2.27. The molecule has 1 aliphatic heterocycles. The van der Waals surface area contributed by atoms with E-state index in [1.165, 1.54) is 11.3 Å². The molecule has 0 atom stereocenters. The smallest absolute Gasteiger partial charge is 0.278 e. The minimum Gasteiger partial charge on any atom is -0.376 e. The number of hydrogen-bond donors (Lipinski definition) is 1. The number of halogens is 2. The molecular weight excluding hydrogens is 335 g/mol. The zero-order valence-corrected chi connectivity index (χ0v) is 14.2. The van der Waals surface area contributed by atoms with Crippen molar-refractivity contribution in [3.05, 3.63) is 45.6 Å². The molecule has 1 N–H and O–H groups in total. The Morgan fingerprint density at radius 1 is 1.00 bits per heavy atom. The fourth-order valence-corrected chi connectivity index (χ4v) is 3.40. The second-order valence-electron chi connectivity index (χ2n) is 5.99. The maximum absolute atomic E-state index is 12.5. The minimum atomic E-state index is -0.440. The van der Waals surface area contributed by atoms with Crippen LogP contribution in [-0.4, -0.2) is 22.8 Å². The quantitative estimate of drug-likeness (QED) is 0.842. The summed E-state index contributed by atoms with van der Waals surface area (Å²) in [6.07, 6.45) is 5.51. The van der Waals surface area contributed by atoms with Gasteiger partial charge in [0.1, 0.15) is 10.7 Å². The van der Waals surface area contributed by atoms with E-state index in [2.05, 4.69) is 5.32 Å². The number of hydrogen-bond acceptors (Lipinski definition) is 3. The predicted octanol–water partition coefficient (Wildman–Crippen LogP) is 3.58. The van der Waals surface area contributed by atoms with E-state index in [1.807, 2.05) is 0 Å². The van der Waals surface area contributed by atoms with Gasteiger partial charge in [0, 0.05) is 11.1 Å². The standard InChI is InChI=1S/C17H18Cl2N2O2/c18-12-8-6-11(7-9-12)10-21-16(22)14(19)15(17(21)23)20-13-4-2-1-3-5-13/h6-9,13,20H,1-5,10H2. The molecule has 4 nitrogen and oxygen atoms in total. The molecule has 2 amide bonds. The van der Waals surface area contributed by atoms with Gasteiger partial charge in [0.25, 0.3) is 11.8 Å². The minimum absolute atomic E-state index is 0.00506. The number of amides is 2. The molecule has 1 aromatic carbocycles. The van der Waals surface area contributed by atoms with Gasteiger partial charge in [-0.3, -0.25) is 14.5 Å². The summed E-state index contributed by atoms with van der Waals surface area (Å²) in [5.41, 5.74) is 1.08. The lowest BCUT2D eigenvalue weighted by atomic mass is 9.95. The molecule has 3 rings (SSSR count). The molecule has 0 bridgehead atoms. The average molecular weight is 353 g/mol. The van der Waals surface area contributed by atoms with Gasteiger partial charge in [0.2, 0.25) is 0 Å². The summed E-state index contributed by atoms with van der Waals surface area (Å²) in [5, 5.41) is 3.80. The Morgan fingerprint density at radius 2 is 1.65 bits per heavy atom. The van der Waals surface area contributed by atoms with Crippen molar-refractivity contribution in [2.45, 2.75) is 44.7 Å². The van der Waals surface area contributed by atoms with Crippen LogP contribution in [0.15, 0.2) is 35.0 Å². The average Bonchev–Trinajstić information content (AvgIpc) is 2.76. The molecule has 0 aromatic heterocycles. The summed E-state index contributed by atoms with van der Waals surface area (Å²) >= 11 is 12.0. The van der Waals surface area contributed by atoms with Crippen LogP contribution < -0.4 is 5.32 Å². The zero-order valence-electron chi connectivity index (χ0n) is 12.6. The lowest BCUT2D eigenvalue weighted by Crippen LogP contribution is -2.37. The fourth-order valence-electron chi connectivity index (χ4n) is 3.04. The number of rotatable bonds is 4. The van der Waals surface area contributed by atoms with Crippen LogP contribution in [0.25, 0.3) is 0 Å². The third-order valence-electron chi connectivity index (χ3n) is 4.32. The molecule has 122 valence electrons. The highest BCUT2D eigenvalue weighted by Gasteiger charge is 2.38. The Hall–Kier alpha value is -1.52. The third-order valence-corrected chi connectivity index (χ3v) is 4.92. The first-order valence-electron chi connectivity index (χ1n) is 7.83. The molecule has 6 heteroatoms. The van der Waals surface area contributed by atoms with E-state index in [0.29, 0.717) is 5.02 Å². The summed E-state index contributed by atoms with van der Waals surface area (Å²) in [7, 11) is 0. The number of carbonyl (C=O) groups is 2. The Bertz CT molecular complexity index is 649. The molecule has 2 aliphatic rings. The van der Waals surface area contributed by atoms with E-state index < -0.39 is 5.91 Å². The summed E-state index contributed by atoms with van der Waals surface area (Å²) in [6.45, 7) is 0.195. The van der Waals surface area contributed by atoms with Gasteiger partial charge < -0.3 is 5.32 Å². The van der Waals surface area contributed by atoms with Crippen molar-refractivity contribution < 1.29 is 9.59 Å². The molecule has 1 heterocycles. The maximum Gasteiger partial charge on any atom is 0.278 e. The molecule has 0 saturated heterocycles. The van der Waals surface area contributed by atoms with E-state index in [0.717, 1.165) is 31.2 Å². The van der Waals surface area contributed by atoms with E-state index in [4.69, 9.17) is 23.2 Å². The van der Waals surface area contributed by atoms with E-state index in [9.17, 15) is 9.59 Å². The highest BCUT2D eigenvalue weighted by atomic mass is 35.5. The van der Waals surface area contributed by atoms with Gasteiger partial charge >= 0.3 is 0 Å². The molecule has 1 saturated carbocycles. The van der Waals surface area contributed by atoms with Crippen LogP contribution in [0.5, 0.6) is 0 Å². The maximum atomic E-state index is 12.5. The Balaban J connectivity index is 1.71. The van der Waals surface area contributed by atoms with Crippen LogP contribution in [0.2, 0.25) is 5.02 Å². The van der Waals surface area contributed by atoms with Crippen LogP contribution >= 0.6 is 23.2 Å². The van der Waals surface area contributed by atoms with Crippen LogP contribution in [0.1, 0.15) is 37.7 Å². The fraction of sp³-hybridized carbons (Fsp3) is 0.412. The number of imide groups is 1. The summed E-state index contributed by atoms with van der Waals surface area (Å²) in [6, 6.07) is 7.28. The number of nitrogens with one attached hydrogen (secondary N) is 1. The molecule has 1 aliphatic carbocycles. The van der Waals surface area contributed by atoms with Crippen molar-refractivity contribution >= 4 is 35.0 Å². The second-order valence-corrected chi connectivity index (χ2v) is 6.81. The molecule has 0 spiro atoms. The first kappa shape index (κ1) is 16.3. The zero-order chi connectivity index (χ0) is 16.4. The lowest BCUT2D eigenvalue weighted by Gasteiger charge is -2.24. The Labute approximate surface area is 145 Å². The van der Waals surface area contributed by atoms with Gasteiger partial charge in [-0.05, 0) is 30.5 Å². The van der Waals surface area contributed by atoms with Crippen molar-refractivity contribution in [3.63, 3.8) is 0 Å². The van der Waals surface area contributed by atoms with Crippen LogP contribution in [-0.2, 0) is 16.1 Å². The molecule has 1 aromatic rings. The molecule has 1 fully saturated rings. The third kappa shape index (κ3) is 3.54. The summed E-state index contributed by atoms with van der Waals surface area (Å²) in [4.78, 5) is 26.0. The van der Waals surface area contributed by atoms with Gasteiger partial charge in [0.15, 0.2) is 0 Å². The van der Waals surface area contributed by atoms with E-state index in [1.54, 1.807) is 24.3 Å². The molecule has 23 heavy (non-hydrogen) atoms. The number of carbonyl (C=O) groups excluding carboxylic acids is 2. The Kier molecular flexibility index (Phi) is 4.93. The first-order valence-corrected chi connectivity index (χ1v) is 8.59. The van der Waals surface area contributed by atoms with E-state index >= 15 is 0 Å². The van der Waals surface area contributed by atoms with Crippen LogP contribution in [0.4, 0.5) is 0 Å². The molecule has 0 radical (unpaired) electrons. The van der Waals surface area contributed by atoms with Crippen molar-refractivity contribution in [2.24, 2.45) is 0 Å². The predicted molar refractivity (Wildman–Crippen MR) is 89.9 cm³/mol. The van der Waals surface area contributed by atoms with Crippen LogP contribution in [0.3, 0.4) is 0 Å². The van der Waals surface area contributed by atoms with Crippen LogP contribution in [0, 0.1) is 0 Å². The van der Waals surface area contributed by atoms with Crippen molar-refractivity contribution in [1.29, 1.82) is 0 Å². The Morgan fingerprint density at radius 3 is 2.30 bits per heavy atom. The summed E-state index contributed by atoms with van der Waals surface area (Å²) in [5.74, 6) is -0.787. The lowest BCUT2D eigenvalue weighted by molar-refractivity contribution is -0.138. The largest absolute Gasteiger partial charge is 0.376 e. The molecular formula is C17H18Cl2N2O2. The van der Waals surface area contributed by atoms with Crippen molar-refractivity contribution in [3.8, 4) is 0 Å². The highest BCUT2D eigenvalue weighted by molar-refractivity contribution is 6.47. The number of benzene rings is 1. The summed E-state index contributed by atoms with van der Waals surface area (Å²) < 4.78 is 0. The van der Waals surface area contributed by atoms with Gasteiger partial charge in [-0.25, -0.2) is 0 Å². The van der Waals surface area contributed by atoms with Gasteiger partial charge in [-0.2, -0.15) is 0 Å². The number of nitrogens with zero attached hydrogens (tertiary/aromatic N) is 1.